The number of nitrogens with zero attached hydrogens (tertiary/aromatic N) is 1. The number of hydrogen-bond acceptors (Lipinski definition) is 6. The third-order valence-electron chi connectivity index (χ3n) is 5.05. The number of thioether (sulfide) groups is 1. The maximum Gasteiger partial charge on any atom is 0.266 e. The van der Waals surface area contributed by atoms with E-state index in [1.54, 1.807) is 43.4 Å². The summed E-state index contributed by atoms with van der Waals surface area (Å²) in [6.07, 6.45) is 2.33. The lowest BCUT2D eigenvalue weighted by atomic mass is 10.1. The van der Waals surface area contributed by atoms with Gasteiger partial charge in [0.1, 0.15) is 15.8 Å². The van der Waals surface area contributed by atoms with Crippen molar-refractivity contribution in [2.24, 2.45) is 0 Å². The molecule has 170 valence electrons. The normalized spacial score (nSPS) is 14.9. The zero-order chi connectivity index (χ0) is 23.5. The second kappa shape index (κ2) is 10.2. The molecule has 1 aliphatic rings. The van der Waals surface area contributed by atoms with E-state index in [1.165, 1.54) is 11.8 Å². The molecule has 0 spiro atoms. The molecule has 0 aliphatic carbocycles. The number of halogens is 2. The Balaban J connectivity index is 1.46. The lowest BCUT2D eigenvalue weighted by molar-refractivity contribution is -0.122. The average molecular weight is 520 g/mol. The van der Waals surface area contributed by atoms with E-state index in [9.17, 15) is 4.79 Å². The fourth-order valence-electron chi connectivity index (χ4n) is 3.33. The van der Waals surface area contributed by atoms with Crippen molar-refractivity contribution in [3.8, 4) is 22.8 Å². The van der Waals surface area contributed by atoms with E-state index in [0.29, 0.717) is 55.3 Å². The summed E-state index contributed by atoms with van der Waals surface area (Å²) in [5, 5.41) is 0.923. The van der Waals surface area contributed by atoms with Crippen LogP contribution in [-0.4, -0.2) is 35.9 Å². The highest BCUT2D eigenvalue weighted by atomic mass is 35.5. The van der Waals surface area contributed by atoms with Crippen LogP contribution in [0.5, 0.6) is 11.5 Å². The van der Waals surface area contributed by atoms with Crippen molar-refractivity contribution in [1.82, 2.24) is 4.90 Å². The van der Waals surface area contributed by atoms with Crippen LogP contribution in [0.2, 0.25) is 10.0 Å². The van der Waals surface area contributed by atoms with Gasteiger partial charge in [-0.05, 0) is 54.4 Å². The molecule has 3 aromatic rings. The van der Waals surface area contributed by atoms with E-state index < -0.39 is 0 Å². The van der Waals surface area contributed by atoms with Crippen molar-refractivity contribution in [1.29, 1.82) is 0 Å². The Kier molecular flexibility index (Phi) is 7.34. The minimum Gasteiger partial charge on any atom is -0.493 e. The summed E-state index contributed by atoms with van der Waals surface area (Å²) in [5.74, 6) is 2.35. The molecule has 0 bridgehead atoms. The van der Waals surface area contributed by atoms with E-state index >= 15 is 0 Å². The Morgan fingerprint density at radius 1 is 1.03 bits per heavy atom. The van der Waals surface area contributed by atoms with Crippen molar-refractivity contribution in [3.63, 3.8) is 0 Å². The van der Waals surface area contributed by atoms with Gasteiger partial charge in [-0.2, -0.15) is 0 Å². The molecule has 1 amide bonds. The number of carbonyl (C=O) groups is 1. The lowest BCUT2D eigenvalue weighted by Gasteiger charge is -2.15. The second-order valence-corrected chi connectivity index (χ2v) is 9.59. The number of rotatable bonds is 7. The van der Waals surface area contributed by atoms with Gasteiger partial charge >= 0.3 is 0 Å². The van der Waals surface area contributed by atoms with Crippen LogP contribution in [0.15, 0.2) is 57.9 Å². The Bertz CT molecular complexity index is 1260. The highest BCUT2D eigenvalue weighted by molar-refractivity contribution is 8.26. The van der Waals surface area contributed by atoms with Gasteiger partial charge in [-0.1, -0.05) is 53.2 Å². The number of methoxy groups -OCH3 is 2. The smallest absolute Gasteiger partial charge is 0.266 e. The first-order valence-electron chi connectivity index (χ1n) is 9.91. The minimum absolute atomic E-state index is 0.141. The van der Waals surface area contributed by atoms with Crippen molar-refractivity contribution in [3.05, 3.63) is 74.8 Å². The van der Waals surface area contributed by atoms with Crippen LogP contribution >= 0.6 is 47.2 Å². The van der Waals surface area contributed by atoms with Crippen LogP contribution < -0.4 is 9.47 Å². The van der Waals surface area contributed by atoms with E-state index in [1.807, 2.05) is 30.3 Å². The predicted molar refractivity (Wildman–Crippen MR) is 137 cm³/mol. The van der Waals surface area contributed by atoms with Crippen molar-refractivity contribution in [2.45, 2.75) is 6.42 Å². The molecule has 9 heteroatoms. The molecule has 33 heavy (non-hydrogen) atoms. The summed E-state index contributed by atoms with van der Waals surface area (Å²) in [6.45, 7) is 0.462. The highest BCUT2D eigenvalue weighted by Gasteiger charge is 2.32. The molecule has 2 aromatic carbocycles. The molecular weight excluding hydrogens is 501 g/mol. The number of amides is 1. The molecule has 1 aliphatic heterocycles. The summed E-state index contributed by atoms with van der Waals surface area (Å²) in [6, 6.07) is 14.6. The summed E-state index contributed by atoms with van der Waals surface area (Å²) in [5.41, 5.74) is 1.81. The molecule has 4 rings (SSSR count). The maximum absolute atomic E-state index is 13.0. The summed E-state index contributed by atoms with van der Waals surface area (Å²) in [4.78, 5) is 15.1. The van der Waals surface area contributed by atoms with Gasteiger partial charge in [0.05, 0.1) is 29.2 Å². The number of hydrogen-bond donors (Lipinski definition) is 0. The number of furan rings is 1. The van der Waals surface area contributed by atoms with E-state index in [2.05, 4.69) is 0 Å². The summed E-state index contributed by atoms with van der Waals surface area (Å²) < 4.78 is 17.0. The lowest BCUT2D eigenvalue weighted by Crippen LogP contribution is -2.30. The molecule has 0 saturated carbocycles. The average Bonchev–Trinajstić information content (AvgIpc) is 3.38. The van der Waals surface area contributed by atoms with Crippen LogP contribution in [0.25, 0.3) is 17.4 Å². The minimum atomic E-state index is -0.141. The first kappa shape index (κ1) is 23.7. The molecule has 1 aromatic heterocycles. The van der Waals surface area contributed by atoms with E-state index in [0.717, 1.165) is 11.1 Å². The highest BCUT2D eigenvalue weighted by Crippen LogP contribution is 2.35. The monoisotopic (exact) mass is 519 g/mol. The number of carbonyl (C=O) groups excluding carboxylic acids is 1. The van der Waals surface area contributed by atoms with Gasteiger partial charge < -0.3 is 13.9 Å². The Morgan fingerprint density at radius 3 is 2.55 bits per heavy atom. The maximum atomic E-state index is 13.0. The van der Waals surface area contributed by atoms with Gasteiger partial charge in [-0.15, -0.1) is 0 Å². The third kappa shape index (κ3) is 5.22. The number of thiocarbonyl (C=S) groups is 1. The number of benzene rings is 2. The first-order valence-corrected chi connectivity index (χ1v) is 11.9. The van der Waals surface area contributed by atoms with Crippen LogP contribution in [0, 0.1) is 0 Å². The molecule has 1 saturated heterocycles. The molecule has 2 heterocycles. The number of ether oxygens (including phenoxy) is 2. The van der Waals surface area contributed by atoms with E-state index in [-0.39, 0.29) is 5.91 Å². The molecule has 5 nitrogen and oxygen atoms in total. The van der Waals surface area contributed by atoms with E-state index in [4.69, 9.17) is 49.3 Å². The predicted octanol–water partition coefficient (Wildman–Crippen LogP) is 6.71. The first-order chi connectivity index (χ1) is 15.9. The largest absolute Gasteiger partial charge is 0.493 e. The van der Waals surface area contributed by atoms with Gasteiger partial charge in [-0.25, -0.2) is 0 Å². The molecular formula is C24H19Cl2NO4S2. The fraction of sp³-hybridized carbons (Fsp3) is 0.167. The Hall–Kier alpha value is -2.45. The SMILES string of the molecule is COc1ccc(CCN2C(=O)C(=Cc3ccc(-c4ccc(Cl)c(Cl)c4)o3)SC2=S)cc1OC. The van der Waals surface area contributed by atoms with Crippen molar-refractivity contribution >= 4 is 63.5 Å². The molecule has 1 fully saturated rings. The quantitative estimate of drug-likeness (QED) is 0.255. The van der Waals surface area contributed by atoms with Crippen molar-refractivity contribution < 1.29 is 18.7 Å². The van der Waals surface area contributed by atoms with Gasteiger partial charge in [0.2, 0.25) is 0 Å². The summed E-state index contributed by atoms with van der Waals surface area (Å²) >= 11 is 18.8. The van der Waals surface area contributed by atoms with Crippen LogP contribution in [0.3, 0.4) is 0 Å². The van der Waals surface area contributed by atoms with Crippen LogP contribution in [0.4, 0.5) is 0 Å². The third-order valence-corrected chi connectivity index (χ3v) is 7.17. The molecule has 0 N–H and O–H groups in total. The fourth-order valence-corrected chi connectivity index (χ4v) is 4.92. The Labute approximate surface area is 211 Å². The summed E-state index contributed by atoms with van der Waals surface area (Å²) in [7, 11) is 3.19. The topological polar surface area (TPSA) is 51.9 Å². The van der Waals surface area contributed by atoms with Crippen molar-refractivity contribution in [2.75, 3.05) is 20.8 Å². The standard InChI is InChI=1S/C24H19Cl2NO4S2/c1-29-20-7-3-14(11-21(20)30-2)9-10-27-23(28)22(33-24(27)32)13-16-5-8-19(31-16)15-4-6-17(25)18(26)12-15/h3-8,11-13H,9-10H2,1-2H3. The zero-order valence-electron chi connectivity index (χ0n) is 17.8. The van der Waals surface area contributed by atoms with Crippen LogP contribution in [-0.2, 0) is 11.2 Å². The van der Waals surface area contributed by atoms with Crippen LogP contribution in [0.1, 0.15) is 11.3 Å². The van der Waals surface area contributed by atoms with Gasteiger partial charge in [0, 0.05) is 18.2 Å². The zero-order valence-corrected chi connectivity index (χ0v) is 20.9. The Morgan fingerprint density at radius 2 is 1.82 bits per heavy atom. The van der Waals surface area contributed by atoms with Gasteiger partial charge in [-0.3, -0.25) is 9.69 Å². The van der Waals surface area contributed by atoms with Gasteiger partial charge in [0.25, 0.3) is 5.91 Å². The molecule has 0 atom stereocenters. The van der Waals surface area contributed by atoms with Gasteiger partial charge in [0.15, 0.2) is 11.5 Å². The molecule has 0 radical (unpaired) electrons. The molecule has 0 unspecified atom stereocenters. The second-order valence-electron chi connectivity index (χ2n) is 7.10.